The van der Waals surface area contributed by atoms with E-state index in [2.05, 4.69) is 15.1 Å². The highest BCUT2D eigenvalue weighted by Crippen LogP contribution is 2.37. The first-order chi connectivity index (χ1) is 19.5. The van der Waals surface area contributed by atoms with Crippen molar-refractivity contribution in [1.29, 1.82) is 0 Å². The van der Waals surface area contributed by atoms with Gasteiger partial charge in [0.05, 0.1) is 31.6 Å². The van der Waals surface area contributed by atoms with E-state index in [1.807, 2.05) is 11.8 Å². The fourth-order valence-electron chi connectivity index (χ4n) is 5.33. The average Bonchev–Trinajstić information content (AvgIpc) is 3.36. The smallest absolute Gasteiger partial charge is 0.433 e. The van der Waals surface area contributed by atoms with E-state index in [4.69, 9.17) is 16.3 Å². The van der Waals surface area contributed by atoms with Crippen molar-refractivity contribution < 1.29 is 27.8 Å². The summed E-state index contributed by atoms with van der Waals surface area (Å²) in [5.41, 5.74) is 0.0438. The van der Waals surface area contributed by atoms with Crippen LogP contribution in [0.4, 0.5) is 13.2 Å². The third-order valence-electron chi connectivity index (χ3n) is 7.41. The number of ether oxygens (including phenoxy) is 1. The zero-order chi connectivity index (χ0) is 29.5. The molecule has 1 aliphatic heterocycles. The Kier molecular flexibility index (Phi) is 7.91. The molecule has 9 nitrogen and oxygen atoms in total. The lowest BCUT2D eigenvalue weighted by Gasteiger charge is -2.42. The maximum Gasteiger partial charge on any atom is 0.433 e. The first-order valence-corrected chi connectivity index (χ1v) is 13.3. The molecule has 13 heteroatoms. The molecule has 0 unspecified atom stereocenters. The van der Waals surface area contributed by atoms with Crippen molar-refractivity contribution in [2.45, 2.75) is 32.1 Å². The van der Waals surface area contributed by atoms with E-state index in [1.54, 1.807) is 47.5 Å². The number of aromatic nitrogens is 4. The van der Waals surface area contributed by atoms with Crippen LogP contribution in [0.15, 0.2) is 48.8 Å². The summed E-state index contributed by atoms with van der Waals surface area (Å²) >= 11 is 5.90. The number of benzene rings is 1. The number of pyridine rings is 1. The van der Waals surface area contributed by atoms with Gasteiger partial charge in [0.2, 0.25) is 0 Å². The molecule has 5 rings (SSSR count). The molecule has 4 aromatic rings. The lowest BCUT2D eigenvalue weighted by atomic mass is 10.0. The van der Waals surface area contributed by atoms with Crippen molar-refractivity contribution >= 4 is 23.2 Å². The van der Waals surface area contributed by atoms with Crippen LogP contribution >= 0.6 is 11.6 Å². The van der Waals surface area contributed by atoms with Gasteiger partial charge in [-0.3, -0.25) is 9.69 Å². The first kappa shape index (κ1) is 28.8. The van der Waals surface area contributed by atoms with E-state index >= 15 is 0 Å². The van der Waals surface area contributed by atoms with Crippen LogP contribution in [0.3, 0.4) is 0 Å². The Labute approximate surface area is 239 Å². The van der Waals surface area contributed by atoms with Crippen LogP contribution in [-0.2, 0) is 6.18 Å². The number of methoxy groups -OCH3 is 1. The molecule has 1 saturated heterocycles. The second-order valence-corrected chi connectivity index (χ2v) is 10.3. The van der Waals surface area contributed by atoms with E-state index in [-0.39, 0.29) is 47.7 Å². The minimum atomic E-state index is -4.74. The number of carbonyl (C=O) groups is 1. The molecule has 0 bridgehead atoms. The van der Waals surface area contributed by atoms with Gasteiger partial charge in [0.15, 0.2) is 11.3 Å². The van der Waals surface area contributed by atoms with Gasteiger partial charge < -0.3 is 14.7 Å². The Morgan fingerprint density at radius 1 is 1.17 bits per heavy atom. The molecule has 2 atom stereocenters. The van der Waals surface area contributed by atoms with E-state index < -0.39 is 17.8 Å². The topological polar surface area (TPSA) is 96.1 Å². The number of hydrogen-bond acceptors (Lipinski definition) is 7. The maximum atomic E-state index is 14.3. The highest BCUT2D eigenvalue weighted by atomic mass is 35.5. The fraction of sp³-hybridized carbons (Fsp3) is 0.357. The number of alkyl halides is 3. The highest BCUT2D eigenvalue weighted by Gasteiger charge is 2.39. The number of amides is 1. The number of halogens is 4. The van der Waals surface area contributed by atoms with Gasteiger partial charge in [0.1, 0.15) is 16.5 Å². The predicted octanol–water partition coefficient (Wildman–Crippen LogP) is 4.66. The molecule has 3 aromatic heterocycles. The summed E-state index contributed by atoms with van der Waals surface area (Å²) in [7, 11) is 1.50. The summed E-state index contributed by atoms with van der Waals surface area (Å²) in [6.07, 6.45) is -1.99. The third-order valence-corrected chi connectivity index (χ3v) is 7.64. The second-order valence-electron chi connectivity index (χ2n) is 9.91. The second kappa shape index (κ2) is 11.3. The van der Waals surface area contributed by atoms with E-state index in [9.17, 15) is 23.1 Å². The van der Waals surface area contributed by atoms with Crippen molar-refractivity contribution in [3.63, 3.8) is 0 Å². The zero-order valence-corrected chi connectivity index (χ0v) is 23.3. The lowest BCUT2D eigenvalue weighted by Crippen LogP contribution is -2.55. The largest absolute Gasteiger partial charge is 0.497 e. The predicted molar refractivity (Wildman–Crippen MR) is 146 cm³/mol. The van der Waals surface area contributed by atoms with Crippen LogP contribution in [0.1, 0.15) is 40.1 Å². The summed E-state index contributed by atoms with van der Waals surface area (Å²) in [4.78, 5) is 26.0. The Morgan fingerprint density at radius 3 is 2.49 bits per heavy atom. The Bertz CT molecular complexity index is 1560. The van der Waals surface area contributed by atoms with Gasteiger partial charge in [0.25, 0.3) is 5.91 Å². The Balaban J connectivity index is 1.48. The van der Waals surface area contributed by atoms with E-state index in [0.29, 0.717) is 34.1 Å². The van der Waals surface area contributed by atoms with Gasteiger partial charge in [-0.2, -0.15) is 18.3 Å². The third kappa shape index (κ3) is 5.46. The van der Waals surface area contributed by atoms with Gasteiger partial charge in [-0.25, -0.2) is 14.5 Å². The number of aliphatic hydroxyl groups excluding tert-OH is 1. The highest BCUT2D eigenvalue weighted by molar-refractivity contribution is 6.29. The molecular formula is C28H28ClF3N6O3. The number of fused-ring (bicyclic) bond motifs is 1. The fourth-order valence-corrected chi connectivity index (χ4v) is 5.44. The summed E-state index contributed by atoms with van der Waals surface area (Å²) in [5.74, 6) is 0.0821. The molecule has 4 heterocycles. The van der Waals surface area contributed by atoms with Crippen molar-refractivity contribution in [2.24, 2.45) is 0 Å². The molecular weight excluding hydrogens is 561 g/mol. The van der Waals surface area contributed by atoms with Crippen molar-refractivity contribution in [3.8, 4) is 17.0 Å². The Hall–Kier alpha value is -3.74. The van der Waals surface area contributed by atoms with Crippen LogP contribution in [-0.4, -0.2) is 79.8 Å². The Morgan fingerprint density at radius 2 is 1.90 bits per heavy atom. The van der Waals surface area contributed by atoms with Gasteiger partial charge in [-0.05, 0) is 49.7 Å². The number of aliphatic hydroxyl groups is 1. The number of hydrogen-bond donors (Lipinski definition) is 1. The standard InChI is InChI=1S/C28H28ClF3N6O3/c1-16-14-36(22(15-39)19-6-9-23(29)33-12-19)10-11-37(16)27(40)21-13-34-38-25(28(30,31)32)17(2)24(35-26(21)38)18-4-7-20(41-3)8-5-18/h4-9,12-13,16,22,39H,10-11,14-15H2,1-3H3/t16-,22-/m1/s1. The SMILES string of the molecule is COc1ccc(-c2nc3c(C(=O)N4CCN([C@H](CO)c5ccc(Cl)nc5)C[C@H]4C)cnn3c(C(F)(F)F)c2C)cc1. The molecule has 1 amide bonds. The summed E-state index contributed by atoms with van der Waals surface area (Å²) in [5, 5.41) is 14.4. The average molecular weight is 589 g/mol. The molecule has 1 aliphatic rings. The number of nitrogens with zero attached hydrogens (tertiary/aromatic N) is 6. The van der Waals surface area contributed by atoms with Crippen LogP contribution in [0.5, 0.6) is 5.75 Å². The minimum absolute atomic E-state index is 0.0221. The van der Waals surface area contributed by atoms with Gasteiger partial charge in [0, 0.05) is 43.0 Å². The molecule has 0 radical (unpaired) electrons. The molecule has 0 saturated carbocycles. The van der Waals surface area contributed by atoms with Crippen LogP contribution in [0.25, 0.3) is 16.9 Å². The number of carbonyl (C=O) groups excluding carboxylic acids is 1. The van der Waals surface area contributed by atoms with Crippen LogP contribution < -0.4 is 4.74 Å². The van der Waals surface area contributed by atoms with Gasteiger partial charge in [-0.1, -0.05) is 17.7 Å². The van der Waals surface area contributed by atoms with Crippen molar-refractivity contribution in [2.75, 3.05) is 33.4 Å². The summed E-state index contributed by atoms with van der Waals surface area (Å²) in [6.45, 7) is 4.18. The quantitative estimate of drug-likeness (QED) is 0.327. The van der Waals surface area contributed by atoms with Crippen molar-refractivity contribution in [1.82, 2.24) is 29.4 Å². The molecule has 41 heavy (non-hydrogen) atoms. The maximum absolute atomic E-state index is 14.3. The molecule has 1 aromatic carbocycles. The van der Waals surface area contributed by atoms with Crippen molar-refractivity contribution in [3.05, 3.63) is 76.3 Å². The van der Waals surface area contributed by atoms with E-state index in [0.717, 1.165) is 11.8 Å². The summed E-state index contributed by atoms with van der Waals surface area (Å²) in [6, 6.07) is 9.31. The van der Waals surface area contributed by atoms with Crippen LogP contribution in [0.2, 0.25) is 5.15 Å². The molecule has 0 aliphatic carbocycles. The summed E-state index contributed by atoms with van der Waals surface area (Å²) < 4.78 is 48.7. The molecule has 1 N–H and O–H groups in total. The van der Waals surface area contributed by atoms with E-state index in [1.165, 1.54) is 14.0 Å². The van der Waals surface area contributed by atoms with Gasteiger partial charge in [-0.15, -0.1) is 0 Å². The first-order valence-electron chi connectivity index (χ1n) is 12.9. The number of rotatable bonds is 6. The molecule has 1 fully saturated rings. The zero-order valence-electron chi connectivity index (χ0n) is 22.6. The monoisotopic (exact) mass is 588 g/mol. The molecule has 0 spiro atoms. The minimum Gasteiger partial charge on any atom is -0.497 e. The van der Waals surface area contributed by atoms with Gasteiger partial charge >= 0.3 is 6.18 Å². The number of piperazine rings is 1. The lowest BCUT2D eigenvalue weighted by molar-refractivity contribution is -0.143. The normalized spacial score (nSPS) is 17.2. The molecule has 216 valence electrons. The van der Waals surface area contributed by atoms with Crippen LogP contribution in [0, 0.1) is 6.92 Å².